The summed E-state index contributed by atoms with van der Waals surface area (Å²) in [5, 5.41) is 3.51. The van der Waals surface area contributed by atoms with Crippen LogP contribution in [0.5, 0.6) is 5.75 Å². The first-order chi connectivity index (χ1) is 10.9. The molecule has 19 heavy (non-hydrogen) atoms. The average Bonchev–Trinajstić information content (AvgIpc) is 2.52. The van der Waals surface area contributed by atoms with Crippen molar-refractivity contribution >= 4 is 16.6 Å². The maximum absolute atomic E-state index is 8.16. The highest BCUT2D eigenvalue weighted by Crippen LogP contribution is 2.28. The molecule has 2 rings (SSSR count). The molecular formula is C15H21N3O. The topological polar surface area (TPSA) is 60.2 Å². The number of ether oxygens (including phenoxy) is 1. The minimum absolute atomic E-state index is 0.00802. The van der Waals surface area contributed by atoms with Gasteiger partial charge in [-0.25, -0.2) is 0 Å². The first-order valence-electron chi connectivity index (χ1n) is 8.32. The summed E-state index contributed by atoms with van der Waals surface area (Å²) in [6.45, 7) is 2.61. The highest BCUT2D eigenvalue weighted by molar-refractivity contribution is 5.91. The first-order valence-corrected chi connectivity index (χ1v) is 6.32. The van der Waals surface area contributed by atoms with Crippen LogP contribution in [0.3, 0.4) is 0 Å². The predicted molar refractivity (Wildman–Crippen MR) is 79.7 cm³/mol. The van der Waals surface area contributed by atoms with Gasteiger partial charge >= 0.3 is 0 Å². The van der Waals surface area contributed by atoms with E-state index in [0.717, 1.165) is 12.8 Å². The Morgan fingerprint density at radius 2 is 2.42 bits per heavy atom. The number of methoxy groups -OCH3 is 1. The van der Waals surface area contributed by atoms with Crippen LogP contribution in [-0.4, -0.2) is 24.7 Å². The molecule has 0 aliphatic heterocycles. The zero-order valence-corrected chi connectivity index (χ0v) is 11.2. The third-order valence-electron chi connectivity index (χ3n) is 2.89. The van der Waals surface area contributed by atoms with E-state index in [2.05, 4.69) is 10.3 Å². The van der Waals surface area contributed by atoms with Crippen molar-refractivity contribution in [3.05, 3.63) is 30.4 Å². The largest absolute Gasteiger partial charge is 0.497 e. The van der Waals surface area contributed by atoms with Gasteiger partial charge in [0, 0.05) is 23.7 Å². The van der Waals surface area contributed by atoms with Crippen LogP contribution in [0, 0.1) is 0 Å². The third kappa shape index (κ3) is 3.35. The fourth-order valence-corrected chi connectivity index (χ4v) is 1.92. The summed E-state index contributed by atoms with van der Waals surface area (Å²) in [5.41, 5.74) is 6.47. The van der Waals surface area contributed by atoms with E-state index in [1.807, 2.05) is 6.92 Å². The van der Waals surface area contributed by atoms with Gasteiger partial charge in [0.2, 0.25) is 0 Å². The van der Waals surface area contributed by atoms with Gasteiger partial charge in [0.25, 0.3) is 0 Å². The minimum atomic E-state index is -0.290. The van der Waals surface area contributed by atoms with E-state index in [9.17, 15) is 0 Å². The number of pyridine rings is 1. The van der Waals surface area contributed by atoms with Gasteiger partial charge in [-0.05, 0) is 38.4 Å². The lowest BCUT2D eigenvalue weighted by atomic mass is 10.1. The second-order valence-electron chi connectivity index (χ2n) is 4.42. The van der Waals surface area contributed by atoms with Crippen molar-refractivity contribution in [1.29, 1.82) is 0 Å². The van der Waals surface area contributed by atoms with Gasteiger partial charge in [-0.2, -0.15) is 0 Å². The molecule has 4 heteroatoms. The number of nitrogens with one attached hydrogen (secondary N) is 1. The Balaban J connectivity index is 2.61. The van der Waals surface area contributed by atoms with Gasteiger partial charge in [-0.1, -0.05) is 6.04 Å². The summed E-state index contributed by atoms with van der Waals surface area (Å²) in [4.78, 5) is 4.10. The molecule has 102 valence electrons. The summed E-state index contributed by atoms with van der Waals surface area (Å²) < 4.78 is 36.9. The van der Waals surface area contributed by atoms with Crippen LogP contribution in [0.4, 0.5) is 5.69 Å². The molecule has 0 aliphatic carbocycles. The summed E-state index contributed by atoms with van der Waals surface area (Å²) in [5.74, 6) is 0.304. The first kappa shape index (κ1) is 9.15. The Labute approximate surface area is 119 Å². The van der Waals surface area contributed by atoms with Gasteiger partial charge in [0.15, 0.2) is 0 Å². The third-order valence-corrected chi connectivity index (χ3v) is 2.89. The second-order valence-corrected chi connectivity index (χ2v) is 4.42. The van der Waals surface area contributed by atoms with Gasteiger partial charge in [0.1, 0.15) is 5.75 Å². The van der Waals surface area contributed by atoms with Crippen LogP contribution in [0.15, 0.2) is 30.4 Å². The number of hydrogen-bond acceptors (Lipinski definition) is 4. The van der Waals surface area contributed by atoms with Crippen LogP contribution < -0.4 is 15.8 Å². The quantitative estimate of drug-likeness (QED) is 0.841. The van der Waals surface area contributed by atoms with Crippen LogP contribution in [0.1, 0.15) is 25.2 Å². The zero-order valence-electron chi connectivity index (χ0n) is 15.2. The van der Waals surface area contributed by atoms with E-state index in [1.165, 1.54) is 7.11 Å². The molecule has 0 amide bonds. The summed E-state index contributed by atoms with van der Waals surface area (Å²) in [6, 6.07) is 1.31. The van der Waals surface area contributed by atoms with Gasteiger partial charge in [-0.3, -0.25) is 4.98 Å². The number of nitrogens with zero attached hydrogens (tertiary/aromatic N) is 1. The van der Waals surface area contributed by atoms with Crippen LogP contribution in [0.25, 0.3) is 10.9 Å². The number of nitrogens with two attached hydrogens (primary N) is 1. The molecule has 0 spiro atoms. The molecule has 0 saturated carbocycles. The van der Waals surface area contributed by atoms with Gasteiger partial charge in [-0.15, -0.1) is 0 Å². The van der Waals surface area contributed by atoms with Crippen molar-refractivity contribution < 1.29 is 10.2 Å². The van der Waals surface area contributed by atoms with Crippen LogP contribution >= 0.6 is 0 Å². The lowest BCUT2D eigenvalue weighted by Gasteiger charge is -2.17. The highest BCUT2D eigenvalue weighted by atomic mass is 16.5. The SMILES string of the molecule is [2H]c1nc2c(NC(C)CCCN)cc(OC)c([2H])c2c([2H])c1[2H]. The molecule has 1 heterocycles. The number of benzene rings is 1. The molecule has 0 bridgehead atoms. The highest BCUT2D eigenvalue weighted by Gasteiger charge is 2.08. The zero-order chi connectivity index (χ0) is 17.1. The molecule has 0 aliphatic rings. The molecule has 2 aromatic rings. The van der Waals surface area contributed by atoms with Crippen molar-refractivity contribution in [2.45, 2.75) is 25.8 Å². The molecule has 0 saturated heterocycles. The fraction of sp³-hybridized carbons (Fsp3) is 0.400. The normalized spacial score (nSPS) is 15.3. The summed E-state index contributed by atoms with van der Waals surface area (Å²) >= 11 is 0. The average molecular weight is 263 g/mol. The number of aromatic nitrogens is 1. The molecule has 1 unspecified atom stereocenters. The van der Waals surface area contributed by atoms with E-state index in [-0.39, 0.29) is 35.7 Å². The number of hydrogen-bond donors (Lipinski definition) is 2. The molecule has 1 aromatic heterocycles. The lowest BCUT2D eigenvalue weighted by Crippen LogP contribution is -2.17. The molecular weight excluding hydrogens is 238 g/mol. The molecule has 3 N–H and O–H groups in total. The molecule has 0 fully saturated rings. The van der Waals surface area contributed by atoms with E-state index >= 15 is 0 Å². The van der Waals surface area contributed by atoms with Crippen molar-refractivity contribution in [2.75, 3.05) is 19.0 Å². The fourth-order valence-electron chi connectivity index (χ4n) is 1.92. The predicted octanol–water partition coefficient (Wildman–Crippen LogP) is 2.78. The number of anilines is 1. The molecule has 4 nitrogen and oxygen atoms in total. The lowest BCUT2D eigenvalue weighted by molar-refractivity contribution is 0.415. The smallest absolute Gasteiger partial charge is 0.121 e. The van der Waals surface area contributed by atoms with Crippen molar-refractivity contribution in [3.8, 4) is 5.75 Å². The van der Waals surface area contributed by atoms with Crippen molar-refractivity contribution in [2.24, 2.45) is 5.73 Å². The Bertz CT molecular complexity index is 724. The van der Waals surface area contributed by atoms with Gasteiger partial charge < -0.3 is 15.8 Å². The Morgan fingerprint density at radius 1 is 1.58 bits per heavy atom. The van der Waals surface area contributed by atoms with Crippen LogP contribution in [0.2, 0.25) is 0 Å². The molecule has 1 aromatic carbocycles. The van der Waals surface area contributed by atoms with Crippen molar-refractivity contribution in [1.82, 2.24) is 4.98 Å². The number of rotatable bonds is 6. The van der Waals surface area contributed by atoms with Crippen LogP contribution in [-0.2, 0) is 0 Å². The Morgan fingerprint density at radius 3 is 3.16 bits per heavy atom. The maximum Gasteiger partial charge on any atom is 0.121 e. The minimum Gasteiger partial charge on any atom is -0.497 e. The van der Waals surface area contributed by atoms with Crippen molar-refractivity contribution in [3.63, 3.8) is 0 Å². The second kappa shape index (κ2) is 6.38. The molecule has 1 atom stereocenters. The number of fused-ring (bicyclic) bond motifs is 1. The Hall–Kier alpha value is -1.81. The standard InChI is InChI=1S/C15H21N3O/c1-11(5-3-7-16)18-14-10-13(19-2)9-12-6-4-8-17-15(12)14/h4,6,8-11,18H,3,5,7,16H2,1-2H3/i4D,6D,8D,9D. The van der Waals surface area contributed by atoms with E-state index in [1.54, 1.807) is 6.07 Å². The maximum atomic E-state index is 8.16. The summed E-state index contributed by atoms with van der Waals surface area (Å²) in [7, 11) is 1.46. The summed E-state index contributed by atoms with van der Waals surface area (Å²) in [6.07, 6.45) is 1.46. The van der Waals surface area contributed by atoms with E-state index in [0.29, 0.717) is 23.5 Å². The molecule has 0 radical (unpaired) electrons. The van der Waals surface area contributed by atoms with Gasteiger partial charge in [0.05, 0.1) is 23.8 Å². The van der Waals surface area contributed by atoms with E-state index < -0.39 is 0 Å². The monoisotopic (exact) mass is 263 g/mol. The van der Waals surface area contributed by atoms with E-state index in [4.69, 9.17) is 16.0 Å². The Kier molecular flexibility index (Phi) is 3.07.